The molecular formula is C13H27N3O. The summed E-state index contributed by atoms with van der Waals surface area (Å²) in [5.74, 6) is 0. The molecule has 1 atom stereocenters. The molecule has 17 heavy (non-hydrogen) atoms. The predicted octanol–water partition coefficient (Wildman–Crippen LogP) is 0.520. The first-order valence-corrected chi connectivity index (χ1v) is 6.91. The average molecular weight is 241 g/mol. The number of hydrogen-bond acceptors (Lipinski definition) is 4. The molecular weight excluding hydrogens is 214 g/mol. The zero-order valence-electron chi connectivity index (χ0n) is 11.3. The first-order chi connectivity index (χ1) is 8.12. The van der Waals surface area contributed by atoms with E-state index in [1.807, 2.05) is 0 Å². The number of nitrogens with zero attached hydrogens (tertiary/aromatic N) is 2. The molecule has 0 aromatic rings. The minimum Gasteiger partial charge on any atom is -0.377 e. The maximum atomic E-state index is 5.83. The molecule has 4 nitrogen and oxygen atoms in total. The van der Waals surface area contributed by atoms with Crippen LogP contribution in [-0.2, 0) is 4.74 Å². The van der Waals surface area contributed by atoms with E-state index in [2.05, 4.69) is 23.6 Å². The Balaban J connectivity index is 1.74. The Bertz CT molecular complexity index is 231. The highest BCUT2D eigenvalue weighted by Crippen LogP contribution is 2.18. The molecule has 2 aliphatic rings. The Morgan fingerprint density at radius 2 is 1.94 bits per heavy atom. The highest BCUT2D eigenvalue weighted by molar-refractivity contribution is 4.87. The minimum atomic E-state index is 0.149. The first-order valence-electron chi connectivity index (χ1n) is 6.91. The van der Waals surface area contributed by atoms with E-state index >= 15 is 0 Å². The molecule has 0 aromatic carbocycles. The van der Waals surface area contributed by atoms with Crippen molar-refractivity contribution in [1.82, 2.24) is 9.80 Å². The van der Waals surface area contributed by atoms with Crippen molar-refractivity contribution < 1.29 is 4.74 Å². The third-order valence-corrected chi connectivity index (χ3v) is 4.21. The molecule has 0 radical (unpaired) electrons. The van der Waals surface area contributed by atoms with Gasteiger partial charge in [0.05, 0.1) is 6.10 Å². The number of ether oxygens (including phenoxy) is 1. The molecule has 0 amide bonds. The summed E-state index contributed by atoms with van der Waals surface area (Å²) in [5, 5.41) is 0. The Labute approximate surface area is 105 Å². The molecule has 2 aliphatic heterocycles. The smallest absolute Gasteiger partial charge is 0.0702 e. The number of nitrogens with two attached hydrogens (primary N) is 1. The fourth-order valence-corrected chi connectivity index (χ4v) is 2.74. The summed E-state index contributed by atoms with van der Waals surface area (Å²) in [7, 11) is 0. The minimum absolute atomic E-state index is 0.149. The maximum Gasteiger partial charge on any atom is 0.0702 e. The van der Waals surface area contributed by atoms with E-state index in [0.717, 1.165) is 45.9 Å². The van der Waals surface area contributed by atoms with Gasteiger partial charge in [-0.05, 0) is 26.7 Å². The molecule has 0 spiro atoms. The van der Waals surface area contributed by atoms with E-state index in [-0.39, 0.29) is 5.54 Å². The predicted molar refractivity (Wildman–Crippen MR) is 70.1 cm³/mol. The zero-order valence-corrected chi connectivity index (χ0v) is 11.3. The van der Waals surface area contributed by atoms with Crippen molar-refractivity contribution in [3.63, 3.8) is 0 Å². The standard InChI is InChI=1S/C13H27N3O/c1-13(2,11-14)16-7-5-15(6-8-16)10-12-4-3-9-17-12/h12H,3-11,14H2,1-2H3. The molecule has 2 N–H and O–H groups in total. The highest BCUT2D eigenvalue weighted by atomic mass is 16.5. The molecule has 0 bridgehead atoms. The van der Waals surface area contributed by atoms with Crippen LogP contribution < -0.4 is 5.73 Å². The SMILES string of the molecule is CC(C)(CN)N1CCN(CC2CCCO2)CC1. The van der Waals surface area contributed by atoms with Crippen LogP contribution in [0.25, 0.3) is 0 Å². The normalized spacial score (nSPS) is 28.8. The fourth-order valence-electron chi connectivity index (χ4n) is 2.74. The van der Waals surface area contributed by atoms with Gasteiger partial charge in [-0.15, -0.1) is 0 Å². The third-order valence-electron chi connectivity index (χ3n) is 4.21. The van der Waals surface area contributed by atoms with Crippen LogP contribution in [0.2, 0.25) is 0 Å². The lowest BCUT2D eigenvalue weighted by molar-refractivity contribution is 0.0236. The molecule has 1 unspecified atom stereocenters. The first kappa shape index (κ1) is 13.3. The number of hydrogen-bond donors (Lipinski definition) is 1. The lowest BCUT2D eigenvalue weighted by atomic mass is 10.0. The second-order valence-corrected chi connectivity index (χ2v) is 5.94. The molecule has 0 aliphatic carbocycles. The summed E-state index contributed by atoms with van der Waals surface area (Å²) in [6, 6.07) is 0. The molecule has 2 fully saturated rings. The Kier molecular flexibility index (Phi) is 4.42. The van der Waals surface area contributed by atoms with E-state index in [9.17, 15) is 0 Å². The quantitative estimate of drug-likeness (QED) is 0.779. The third kappa shape index (κ3) is 3.41. The highest BCUT2D eigenvalue weighted by Gasteiger charge is 2.29. The Hall–Kier alpha value is -0.160. The van der Waals surface area contributed by atoms with Crippen molar-refractivity contribution in [3.05, 3.63) is 0 Å². The van der Waals surface area contributed by atoms with Gasteiger partial charge in [0.2, 0.25) is 0 Å². The summed E-state index contributed by atoms with van der Waals surface area (Å²) >= 11 is 0. The molecule has 4 heteroatoms. The van der Waals surface area contributed by atoms with Gasteiger partial charge in [0.15, 0.2) is 0 Å². The monoisotopic (exact) mass is 241 g/mol. The summed E-state index contributed by atoms with van der Waals surface area (Å²) < 4.78 is 5.70. The van der Waals surface area contributed by atoms with Crippen LogP contribution >= 0.6 is 0 Å². The van der Waals surface area contributed by atoms with Gasteiger partial charge in [0.1, 0.15) is 0 Å². The number of rotatable bonds is 4. The van der Waals surface area contributed by atoms with Gasteiger partial charge in [0.25, 0.3) is 0 Å². The fraction of sp³-hybridized carbons (Fsp3) is 1.00. The van der Waals surface area contributed by atoms with E-state index < -0.39 is 0 Å². The average Bonchev–Trinajstić information content (AvgIpc) is 2.83. The van der Waals surface area contributed by atoms with Gasteiger partial charge in [0, 0.05) is 51.4 Å². The van der Waals surface area contributed by atoms with Gasteiger partial charge in [-0.2, -0.15) is 0 Å². The van der Waals surface area contributed by atoms with Crippen molar-refractivity contribution in [1.29, 1.82) is 0 Å². The van der Waals surface area contributed by atoms with Crippen LogP contribution in [0.15, 0.2) is 0 Å². The molecule has 2 heterocycles. The van der Waals surface area contributed by atoms with E-state index in [1.165, 1.54) is 12.8 Å². The summed E-state index contributed by atoms with van der Waals surface area (Å²) in [4.78, 5) is 5.05. The summed E-state index contributed by atoms with van der Waals surface area (Å²) in [6.07, 6.45) is 2.98. The van der Waals surface area contributed by atoms with Crippen molar-refractivity contribution in [2.24, 2.45) is 5.73 Å². The van der Waals surface area contributed by atoms with E-state index in [4.69, 9.17) is 10.5 Å². The molecule has 0 saturated carbocycles. The molecule has 2 saturated heterocycles. The van der Waals surface area contributed by atoms with E-state index in [0.29, 0.717) is 6.10 Å². The van der Waals surface area contributed by atoms with Gasteiger partial charge in [-0.3, -0.25) is 9.80 Å². The van der Waals surface area contributed by atoms with Crippen LogP contribution in [0.3, 0.4) is 0 Å². The van der Waals surface area contributed by atoms with Crippen molar-refractivity contribution >= 4 is 0 Å². The molecule has 100 valence electrons. The van der Waals surface area contributed by atoms with Crippen LogP contribution in [0, 0.1) is 0 Å². The van der Waals surface area contributed by atoms with Crippen molar-refractivity contribution in [2.45, 2.75) is 38.3 Å². The lowest BCUT2D eigenvalue weighted by Crippen LogP contribution is -2.57. The van der Waals surface area contributed by atoms with Gasteiger partial charge in [-0.25, -0.2) is 0 Å². The van der Waals surface area contributed by atoms with Crippen molar-refractivity contribution in [3.8, 4) is 0 Å². The van der Waals surface area contributed by atoms with Crippen LogP contribution in [0.4, 0.5) is 0 Å². The Morgan fingerprint density at radius 3 is 2.47 bits per heavy atom. The largest absolute Gasteiger partial charge is 0.377 e. The Morgan fingerprint density at radius 1 is 1.24 bits per heavy atom. The lowest BCUT2D eigenvalue weighted by Gasteiger charge is -2.44. The summed E-state index contributed by atoms with van der Waals surface area (Å²) in [5.41, 5.74) is 5.98. The molecule has 0 aromatic heterocycles. The second-order valence-electron chi connectivity index (χ2n) is 5.94. The molecule has 2 rings (SSSR count). The zero-order chi connectivity index (χ0) is 12.3. The van der Waals surface area contributed by atoms with Crippen LogP contribution in [-0.4, -0.2) is 67.3 Å². The topological polar surface area (TPSA) is 41.7 Å². The van der Waals surface area contributed by atoms with Gasteiger partial charge >= 0.3 is 0 Å². The maximum absolute atomic E-state index is 5.83. The summed E-state index contributed by atoms with van der Waals surface area (Å²) in [6.45, 7) is 11.9. The van der Waals surface area contributed by atoms with Crippen molar-refractivity contribution in [2.75, 3.05) is 45.9 Å². The number of piperazine rings is 1. The van der Waals surface area contributed by atoms with Crippen LogP contribution in [0.1, 0.15) is 26.7 Å². The van der Waals surface area contributed by atoms with E-state index in [1.54, 1.807) is 0 Å². The van der Waals surface area contributed by atoms with Gasteiger partial charge < -0.3 is 10.5 Å². The van der Waals surface area contributed by atoms with Crippen LogP contribution in [0.5, 0.6) is 0 Å². The second kappa shape index (κ2) is 5.65. The van der Waals surface area contributed by atoms with Gasteiger partial charge in [-0.1, -0.05) is 0 Å².